The molecule has 1 N–H and O–H groups in total. The summed E-state index contributed by atoms with van der Waals surface area (Å²) in [7, 11) is 1.54. The van der Waals surface area contributed by atoms with Gasteiger partial charge in [-0.05, 0) is 18.2 Å². The van der Waals surface area contributed by atoms with Crippen molar-refractivity contribution in [3.05, 3.63) is 63.2 Å². The van der Waals surface area contributed by atoms with Crippen molar-refractivity contribution in [3.63, 3.8) is 0 Å². The lowest BCUT2D eigenvalue weighted by Crippen LogP contribution is -2.24. The van der Waals surface area contributed by atoms with E-state index in [-0.39, 0.29) is 29.4 Å². The summed E-state index contributed by atoms with van der Waals surface area (Å²) in [6, 6.07) is 10.8. The van der Waals surface area contributed by atoms with Gasteiger partial charge in [0.05, 0.1) is 29.2 Å². The number of ether oxygens (including phenoxy) is 2. The van der Waals surface area contributed by atoms with Gasteiger partial charge in [-0.3, -0.25) is 14.9 Å². The van der Waals surface area contributed by atoms with E-state index in [4.69, 9.17) is 21.1 Å². The molecule has 26 heavy (non-hydrogen) atoms. The number of carbonyl (C=O) groups is 1. The van der Waals surface area contributed by atoms with Gasteiger partial charge < -0.3 is 14.8 Å². The zero-order chi connectivity index (χ0) is 18.9. The van der Waals surface area contributed by atoms with Crippen LogP contribution < -0.4 is 14.8 Å². The van der Waals surface area contributed by atoms with Gasteiger partial charge in [0.15, 0.2) is 11.5 Å². The van der Waals surface area contributed by atoms with Crippen LogP contribution in [0.2, 0.25) is 5.02 Å². The molecule has 2 aromatic rings. The molecule has 0 unspecified atom stereocenters. The number of nitrogens with one attached hydrogen (secondary N) is 1. The van der Waals surface area contributed by atoms with Crippen LogP contribution in [0.5, 0.6) is 11.5 Å². The van der Waals surface area contributed by atoms with Crippen molar-refractivity contribution in [2.45, 2.75) is 0 Å². The molecule has 0 saturated carbocycles. The first-order valence-corrected chi connectivity index (χ1v) is 7.84. The molecule has 0 saturated heterocycles. The topological polar surface area (TPSA) is 90.7 Å². The highest BCUT2D eigenvalue weighted by Gasteiger charge is 2.15. The molecule has 0 aliphatic carbocycles. The van der Waals surface area contributed by atoms with E-state index in [1.807, 2.05) is 12.1 Å². The summed E-state index contributed by atoms with van der Waals surface area (Å²) in [5.74, 6) is 6.10. The second kappa shape index (κ2) is 9.30. The molecule has 2 aromatic carbocycles. The summed E-state index contributed by atoms with van der Waals surface area (Å²) in [4.78, 5) is 22.2. The number of nitro groups is 1. The number of hydrogen-bond acceptors (Lipinski definition) is 5. The summed E-state index contributed by atoms with van der Waals surface area (Å²) in [5.41, 5.74) is -0.191. The molecule has 0 aromatic heterocycles. The Bertz CT molecular complexity index is 873. The van der Waals surface area contributed by atoms with Gasteiger partial charge in [-0.1, -0.05) is 35.6 Å². The third kappa shape index (κ3) is 5.13. The Hall–Kier alpha value is -3.24. The van der Waals surface area contributed by atoms with Crippen LogP contribution in [-0.2, 0) is 0 Å². The number of benzene rings is 2. The number of methoxy groups -OCH3 is 1. The Morgan fingerprint density at radius 3 is 2.65 bits per heavy atom. The fourth-order valence-corrected chi connectivity index (χ4v) is 2.19. The molecule has 0 fully saturated rings. The number of para-hydroxylation sites is 2. The summed E-state index contributed by atoms with van der Waals surface area (Å²) in [6.07, 6.45) is 0. The van der Waals surface area contributed by atoms with Gasteiger partial charge >= 0.3 is 0 Å². The molecule has 0 radical (unpaired) electrons. The number of amides is 1. The average Bonchev–Trinajstić information content (AvgIpc) is 2.64. The van der Waals surface area contributed by atoms with Gasteiger partial charge in [-0.25, -0.2) is 0 Å². The Labute approximate surface area is 155 Å². The van der Waals surface area contributed by atoms with Crippen LogP contribution in [0.3, 0.4) is 0 Å². The normalized spacial score (nSPS) is 9.62. The van der Waals surface area contributed by atoms with E-state index in [0.29, 0.717) is 11.5 Å². The van der Waals surface area contributed by atoms with E-state index < -0.39 is 10.8 Å². The van der Waals surface area contributed by atoms with Crippen LogP contribution >= 0.6 is 11.6 Å². The van der Waals surface area contributed by atoms with E-state index >= 15 is 0 Å². The molecule has 0 heterocycles. The molecule has 134 valence electrons. The second-order valence-electron chi connectivity index (χ2n) is 4.90. The van der Waals surface area contributed by atoms with Crippen molar-refractivity contribution in [1.29, 1.82) is 0 Å². The van der Waals surface area contributed by atoms with Gasteiger partial charge in [0.25, 0.3) is 11.6 Å². The molecule has 0 aliphatic heterocycles. The largest absolute Gasteiger partial charge is 0.493 e. The summed E-state index contributed by atoms with van der Waals surface area (Å²) < 4.78 is 10.6. The predicted octanol–water partition coefficient (Wildman–Crippen LogP) is 3.07. The van der Waals surface area contributed by atoms with E-state index in [1.54, 1.807) is 19.2 Å². The number of nitro benzene ring substituents is 1. The number of non-ortho nitro benzene ring substituents is 1. The lowest BCUT2D eigenvalue weighted by molar-refractivity contribution is -0.384. The van der Waals surface area contributed by atoms with E-state index in [0.717, 1.165) is 6.07 Å². The van der Waals surface area contributed by atoms with Crippen molar-refractivity contribution < 1.29 is 19.2 Å². The molecular weight excluding hydrogens is 360 g/mol. The van der Waals surface area contributed by atoms with E-state index in [2.05, 4.69) is 17.2 Å². The number of nitrogens with zero attached hydrogens (tertiary/aromatic N) is 1. The average molecular weight is 375 g/mol. The summed E-state index contributed by atoms with van der Waals surface area (Å²) >= 11 is 5.90. The Kier molecular flexibility index (Phi) is 6.83. The van der Waals surface area contributed by atoms with Gasteiger partial charge in [-0.15, -0.1) is 0 Å². The van der Waals surface area contributed by atoms with Crippen molar-refractivity contribution >= 4 is 23.2 Å². The number of rotatable bonds is 6. The zero-order valence-corrected chi connectivity index (χ0v) is 14.6. The van der Waals surface area contributed by atoms with Crippen molar-refractivity contribution in [2.24, 2.45) is 0 Å². The summed E-state index contributed by atoms with van der Waals surface area (Å²) in [6.45, 7) is 0.168. The van der Waals surface area contributed by atoms with Gasteiger partial charge in [-0.2, -0.15) is 0 Å². The maximum Gasteiger partial charge on any atom is 0.270 e. The van der Waals surface area contributed by atoms with Gasteiger partial charge in [0.1, 0.15) is 6.61 Å². The second-order valence-corrected chi connectivity index (χ2v) is 5.30. The molecule has 2 rings (SSSR count). The Balaban J connectivity index is 1.87. The molecular formula is C18H15ClN2O5. The molecule has 7 nitrogen and oxygen atoms in total. The Morgan fingerprint density at radius 1 is 1.23 bits per heavy atom. The minimum Gasteiger partial charge on any atom is -0.493 e. The fraction of sp³-hybridized carbons (Fsp3) is 0.167. The van der Waals surface area contributed by atoms with Crippen LogP contribution in [0.1, 0.15) is 10.4 Å². The van der Waals surface area contributed by atoms with Crippen LogP contribution in [-0.4, -0.2) is 31.1 Å². The molecule has 0 spiro atoms. The van der Waals surface area contributed by atoms with Crippen molar-refractivity contribution in [1.82, 2.24) is 5.32 Å². The van der Waals surface area contributed by atoms with Crippen molar-refractivity contribution in [3.8, 4) is 23.3 Å². The highest BCUT2D eigenvalue weighted by atomic mass is 35.5. The maximum atomic E-state index is 12.0. The zero-order valence-electron chi connectivity index (χ0n) is 13.8. The molecule has 0 aliphatic rings. The van der Waals surface area contributed by atoms with Crippen molar-refractivity contribution in [2.75, 3.05) is 20.3 Å². The van der Waals surface area contributed by atoms with E-state index in [9.17, 15) is 14.9 Å². The smallest absolute Gasteiger partial charge is 0.270 e. The minimum absolute atomic E-state index is 0.0212. The quantitative estimate of drug-likeness (QED) is 0.476. The SMILES string of the molecule is COc1ccccc1OCC#CCNC(=O)c1cc([N+](=O)[O-])ccc1Cl. The molecule has 8 heteroatoms. The fourth-order valence-electron chi connectivity index (χ4n) is 1.99. The highest BCUT2D eigenvalue weighted by molar-refractivity contribution is 6.33. The third-order valence-corrected chi connectivity index (χ3v) is 3.57. The molecule has 0 bridgehead atoms. The molecule has 1 amide bonds. The third-order valence-electron chi connectivity index (χ3n) is 3.24. The van der Waals surface area contributed by atoms with Gasteiger partial charge in [0.2, 0.25) is 0 Å². The number of hydrogen-bond donors (Lipinski definition) is 1. The lowest BCUT2D eigenvalue weighted by atomic mass is 10.2. The van der Waals surface area contributed by atoms with Crippen LogP contribution in [0.25, 0.3) is 0 Å². The first-order valence-electron chi connectivity index (χ1n) is 7.46. The van der Waals surface area contributed by atoms with Gasteiger partial charge in [0, 0.05) is 12.1 Å². The monoisotopic (exact) mass is 374 g/mol. The first-order chi connectivity index (χ1) is 12.5. The maximum absolute atomic E-state index is 12.0. The van der Waals surface area contributed by atoms with Crippen LogP contribution in [0, 0.1) is 22.0 Å². The summed E-state index contributed by atoms with van der Waals surface area (Å²) in [5, 5.41) is 13.4. The van der Waals surface area contributed by atoms with E-state index in [1.165, 1.54) is 12.1 Å². The predicted molar refractivity (Wildman–Crippen MR) is 96.7 cm³/mol. The first kappa shape index (κ1) is 19.1. The Morgan fingerprint density at radius 2 is 1.96 bits per heavy atom. The van der Waals surface area contributed by atoms with Crippen LogP contribution in [0.15, 0.2) is 42.5 Å². The minimum atomic E-state index is -0.595. The highest BCUT2D eigenvalue weighted by Crippen LogP contribution is 2.25. The number of halogens is 1. The number of carbonyl (C=O) groups excluding carboxylic acids is 1. The lowest BCUT2D eigenvalue weighted by Gasteiger charge is -2.07. The standard InChI is InChI=1S/C18H15ClN2O5/c1-25-16-6-2-3-7-17(16)26-11-5-4-10-20-18(22)14-12-13(21(23)24)8-9-15(14)19/h2-3,6-9,12H,10-11H2,1H3,(H,20,22). The molecule has 0 atom stereocenters. The van der Waals surface area contributed by atoms with Crippen LogP contribution in [0.4, 0.5) is 5.69 Å².